The highest BCUT2D eigenvalue weighted by Gasteiger charge is 2.48. The van der Waals surface area contributed by atoms with Crippen LogP contribution in [-0.4, -0.2) is 58.1 Å². The van der Waals surface area contributed by atoms with Gasteiger partial charge >= 0.3 is 6.29 Å². The normalized spacial score (nSPS) is 19.6. The second-order valence-electron chi connectivity index (χ2n) is 13.0. The lowest BCUT2D eigenvalue weighted by Gasteiger charge is -2.30. The van der Waals surface area contributed by atoms with Crippen molar-refractivity contribution in [2.75, 3.05) is 20.3 Å². The van der Waals surface area contributed by atoms with E-state index >= 15 is 0 Å². The summed E-state index contributed by atoms with van der Waals surface area (Å²) >= 11 is 6.63. The zero-order chi connectivity index (χ0) is 35.9. The van der Waals surface area contributed by atoms with E-state index in [-0.39, 0.29) is 51.2 Å². The number of benzene rings is 2. The molecule has 12 nitrogen and oxygen atoms in total. The number of halogens is 3. The Balaban J connectivity index is 1.23. The zero-order valence-corrected chi connectivity index (χ0v) is 28.0. The topological polar surface area (TPSA) is 160 Å². The Labute approximate surface area is 294 Å². The van der Waals surface area contributed by atoms with Crippen LogP contribution in [0.15, 0.2) is 66.7 Å². The standard InChI is InChI=1S/C36H30ClF2N5O7/c1-34(33(40)46)17-49-30-23(34)15-26(42-29(30)22-10-11-25-31(28(22)37)51-36(38,39)50-25)35(47,20-6-4-3-5-7-20)16-41-32(45)19-12-21-14-24(18-8-9-18)43-44(21)27(13-19)48-2/h3-7,10-15,18,47H,8-9,16-17H2,1-2H3,(H2,40,46)(H,41,45)/t34-,35+/m0/s1. The van der Waals surface area contributed by atoms with Crippen LogP contribution in [0.4, 0.5) is 8.78 Å². The predicted octanol–water partition coefficient (Wildman–Crippen LogP) is 5.06. The Hall–Kier alpha value is -5.47. The molecular weight excluding hydrogens is 688 g/mol. The van der Waals surface area contributed by atoms with Gasteiger partial charge in [0.2, 0.25) is 11.8 Å². The third-order valence-electron chi connectivity index (χ3n) is 9.58. The number of aromatic nitrogens is 3. The van der Waals surface area contributed by atoms with Crippen LogP contribution in [0.1, 0.15) is 58.6 Å². The molecule has 2 aromatic carbocycles. The van der Waals surface area contributed by atoms with Gasteiger partial charge in [-0.2, -0.15) is 5.10 Å². The summed E-state index contributed by atoms with van der Waals surface area (Å²) in [4.78, 5) is 31.4. The molecule has 8 rings (SSSR count). The summed E-state index contributed by atoms with van der Waals surface area (Å²) < 4.78 is 50.4. The fourth-order valence-corrected chi connectivity index (χ4v) is 6.74. The lowest BCUT2D eigenvalue weighted by atomic mass is 9.80. The van der Waals surface area contributed by atoms with E-state index in [1.54, 1.807) is 53.9 Å². The number of primary amides is 1. The summed E-state index contributed by atoms with van der Waals surface area (Å²) in [6, 6.07) is 17.8. The van der Waals surface area contributed by atoms with Crippen molar-refractivity contribution < 1.29 is 42.4 Å². The van der Waals surface area contributed by atoms with Gasteiger partial charge in [-0.05, 0) is 55.7 Å². The maximum absolute atomic E-state index is 14.0. The molecule has 3 aromatic heterocycles. The lowest BCUT2D eigenvalue weighted by molar-refractivity contribution is -0.286. The van der Waals surface area contributed by atoms with Gasteiger partial charge in [-0.1, -0.05) is 41.9 Å². The van der Waals surface area contributed by atoms with Crippen molar-refractivity contribution in [2.45, 2.75) is 43.0 Å². The van der Waals surface area contributed by atoms with Crippen LogP contribution in [0.2, 0.25) is 5.02 Å². The number of rotatable bonds is 9. The first kappa shape index (κ1) is 32.7. The van der Waals surface area contributed by atoms with Gasteiger partial charge in [0.1, 0.15) is 29.1 Å². The summed E-state index contributed by atoms with van der Waals surface area (Å²) in [5.41, 5.74) is 5.03. The SMILES string of the molecule is COc1cc(C(=O)NC[C@@](O)(c2ccccc2)c2cc3c(c(-c4ccc5c(c4Cl)OC(F)(F)O5)n2)OC[C@]3(C)C(N)=O)cc2cc(C3CC3)nn12. The zero-order valence-electron chi connectivity index (χ0n) is 27.2. The minimum atomic E-state index is -3.94. The molecule has 5 heterocycles. The van der Waals surface area contributed by atoms with Gasteiger partial charge in [-0.15, -0.1) is 8.78 Å². The number of fused-ring (bicyclic) bond motifs is 3. The summed E-state index contributed by atoms with van der Waals surface area (Å²) in [6.07, 6.45) is -1.84. The average Bonchev–Trinajstić information content (AvgIpc) is 3.66. The summed E-state index contributed by atoms with van der Waals surface area (Å²) in [6.45, 7) is 1.02. The van der Waals surface area contributed by atoms with E-state index in [9.17, 15) is 23.5 Å². The van der Waals surface area contributed by atoms with Crippen LogP contribution in [0.25, 0.3) is 16.8 Å². The number of amides is 2. The number of pyridine rings is 2. The third-order valence-corrected chi connectivity index (χ3v) is 9.95. The first-order valence-electron chi connectivity index (χ1n) is 16.0. The molecule has 0 radical (unpaired) electrons. The minimum Gasteiger partial charge on any atom is -0.489 e. The lowest BCUT2D eigenvalue weighted by Crippen LogP contribution is -2.43. The van der Waals surface area contributed by atoms with Crippen LogP contribution in [0.5, 0.6) is 23.1 Å². The number of alkyl halides is 2. The number of nitrogens with one attached hydrogen (secondary N) is 1. The van der Waals surface area contributed by atoms with Crippen molar-refractivity contribution in [3.05, 3.63) is 99.8 Å². The van der Waals surface area contributed by atoms with E-state index in [0.29, 0.717) is 22.9 Å². The second kappa shape index (κ2) is 11.5. The van der Waals surface area contributed by atoms with Gasteiger partial charge in [0.25, 0.3) is 5.91 Å². The molecule has 4 N–H and O–H groups in total. The summed E-state index contributed by atoms with van der Waals surface area (Å²) in [7, 11) is 1.49. The highest BCUT2D eigenvalue weighted by atomic mass is 35.5. The molecule has 0 bridgehead atoms. The first-order chi connectivity index (χ1) is 24.3. The number of nitrogens with two attached hydrogens (primary N) is 1. The number of carbonyl (C=O) groups is 2. The molecule has 5 aromatic rings. The number of aliphatic hydroxyl groups is 1. The maximum Gasteiger partial charge on any atom is 0.586 e. The summed E-state index contributed by atoms with van der Waals surface area (Å²) in [5.74, 6) is -1.10. The maximum atomic E-state index is 14.0. The van der Waals surface area contributed by atoms with Gasteiger partial charge in [-0.25, -0.2) is 9.50 Å². The largest absolute Gasteiger partial charge is 0.586 e. The van der Waals surface area contributed by atoms with Crippen molar-refractivity contribution >= 4 is 28.9 Å². The Bertz CT molecular complexity index is 2260. The Morgan fingerprint density at radius 3 is 2.59 bits per heavy atom. The van der Waals surface area contributed by atoms with Gasteiger partial charge in [0.05, 0.1) is 35.6 Å². The van der Waals surface area contributed by atoms with E-state index in [1.165, 1.54) is 25.3 Å². The van der Waals surface area contributed by atoms with Crippen LogP contribution in [0.3, 0.4) is 0 Å². The van der Waals surface area contributed by atoms with Gasteiger partial charge in [0, 0.05) is 28.7 Å². The molecule has 2 aliphatic heterocycles. The van der Waals surface area contributed by atoms with E-state index in [4.69, 9.17) is 31.8 Å². The summed E-state index contributed by atoms with van der Waals surface area (Å²) in [5, 5.41) is 19.9. The van der Waals surface area contributed by atoms with E-state index in [0.717, 1.165) is 18.5 Å². The molecule has 1 fully saturated rings. The molecule has 2 atom stereocenters. The monoisotopic (exact) mass is 717 g/mol. The molecule has 3 aliphatic rings. The molecule has 15 heteroatoms. The van der Waals surface area contributed by atoms with Crippen LogP contribution >= 0.6 is 11.6 Å². The quantitative estimate of drug-likeness (QED) is 0.190. The number of ether oxygens (including phenoxy) is 4. The van der Waals surface area contributed by atoms with Crippen molar-refractivity contribution in [3.8, 4) is 34.4 Å². The Morgan fingerprint density at radius 1 is 1.12 bits per heavy atom. The smallest absolute Gasteiger partial charge is 0.489 e. The van der Waals surface area contributed by atoms with Crippen molar-refractivity contribution in [3.63, 3.8) is 0 Å². The molecule has 0 saturated heterocycles. The van der Waals surface area contributed by atoms with Gasteiger partial charge in [0.15, 0.2) is 11.5 Å². The number of nitrogens with zero attached hydrogens (tertiary/aromatic N) is 3. The Kier molecular flexibility index (Phi) is 7.40. The first-order valence-corrected chi connectivity index (χ1v) is 16.4. The second-order valence-corrected chi connectivity index (χ2v) is 13.4. The number of hydrogen-bond donors (Lipinski definition) is 3. The molecular formula is C36H30ClF2N5O7. The van der Waals surface area contributed by atoms with E-state index in [1.807, 2.05) is 6.07 Å². The minimum absolute atomic E-state index is 0.0159. The molecule has 2 amide bonds. The van der Waals surface area contributed by atoms with Crippen molar-refractivity contribution in [1.29, 1.82) is 0 Å². The predicted molar refractivity (Wildman–Crippen MR) is 178 cm³/mol. The number of hydrogen-bond acceptors (Lipinski definition) is 9. The van der Waals surface area contributed by atoms with Gasteiger partial charge < -0.3 is 35.1 Å². The molecule has 1 saturated carbocycles. The highest BCUT2D eigenvalue weighted by molar-refractivity contribution is 6.35. The number of carbonyl (C=O) groups excluding carboxylic acids is 2. The van der Waals surface area contributed by atoms with Crippen molar-refractivity contribution in [2.24, 2.45) is 5.73 Å². The van der Waals surface area contributed by atoms with Crippen molar-refractivity contribution in [1.82, 2.24) is 19.9 Å². The van der Waals surface area contributed by atoms with Crippen LogP contribution in [-0.2, 0) is 15.8 Å². The fourth-order valence-electron chi connectivity index (χ4n) is 6.46. The molecule has 0 spiro atoms. The molecule has 1 aliphatic carbocycles. The van der Waals surface area contributed by atoms with E-state index < -0.39 is 41.4 Å². The molecule has 262 valence electrons. The van der Waals surface area contributed by atoms with Crippen LogP contribution in [0, 0.1) is 0 Å². The Morgan fingerprint density at radius 2 is 1.88 bits per heavy atom. The fraction of sp³-hybridized carbons (Fsp3) is 0.278. The van der Waals surface area contributed by atoms with E-state index in [2.05, 4.69) is 19.9 Å². The van der Waals surface area contributed by atoms with Gasteiger partial charge in [-0.3, -0.25) is 9.59 Å². The number of methoxy groups -OCH3 is 1. The average molecular weight is 718 g/mol. The molecule has 0 unspecified atom stereocenters. The molecule has 51 heavy (non-hydrogen) atoms. The highest BCUT2D eigenvalue weighted by Crippen LogP contribution is 2.53. The van der Waals surface area contributed by atoms with Crippen LogP contribution < -0.4 is 30.0 Å². The third kappa shape index (κ3) is 5.36.